The zero-order chi connectivity index (χ0) is 13.8. The van der Waals surface area contributed by atoms with Crippen LogP contribution < -0.4 is 5.32 Å². The lowest BCUT2D eigenvalue weighted by molar-refractivity contribution is -0.00461. The van der Waals surface area contributed by atoms with Crippen LogP contribution >= 0.6 is 11.6 Å². The average molecular weight is 286 g/mol. The van der Waals surface area contributed by atoms with E-state index in [-0.39, 0.29) is 12.2 Å². The van der Waals surface area contributed by atoms with Gasteiger partial charge < -0.3 is 14.8 Å². The maximum Gasteiger partial charge on any atom is 0.126 e. The summed E-state index contributed by atoms with van der Waals surface area (Å²) in [5.41, 5.74) is 0.875. The Hall–Kier alpha value is -0.880. The highest BCUT2D eigenvalue weighted by molar-refractivity contribution is 6.31. The Kier molecular flexibility index (Phi) is 4.99. The van der Waals surface area contributed by atoms with E-state index in [9.17, 15) is 0 Å². The van der Waals surface area contributed by atoms with Gasteiger partial charge in [-0.15, -0.1) is 0 Å². The maximum atomic E-state index is 6.19. The number of ether oxygens (including phenoxy) is 2. The first kappa shape index (κ1) is 14.5. The highest BCUT2D eigenvalue weighted by Crippen LogP contribution is 2.22. The van der Waals surface area contributed by atoms with Gasteiger partial charge in [0.15, 0.2) is 0 Å². The lowest BCUT2D eigenvalue weighted by Gasteiger charge is -2.16. The molecule has 1 aromatic rings. The third-order valence-corrected chi connectivity index (χ3v) is 3.79. The van der Waals surface area contributed by atoms with Gasteiger partial charge in [0.25, 0.3) is 0 Å². The van der Waals surface area contributed by atoms with E-state index >= 15 is 0 Å². The Morgan fingerprint density at radius 3 is 2.47 bits per heavy atom. The lowest BCUT2D eigenvalue weighted by Crippen LogP contribution is -2.27. The van der Waals surface area contributed by atoms with Gasteiger partial charge in [0.05, 0.1) is 22.9 Å². The summed E-state index contributed by atoms with van der Waals surface area (Å²) in [7, 11) is 5.28. The molecule has 1 N–H and O–H groups in total. The van der Waals surface area contributed by atoms with Gasteiger partial charge in [0.2, 0.25) is 0 Å². The van der Waals surface area contributed by atoms with Crippen molar-refractivity contribution in [3.8, 4) is 0 Å². The summed E-state index contributed by atoms with van der Waals surface area (Å²) in [5, 5.41) is 3.71. The molecule has 2 rings (SSSR count). The first-order valence-corrected chi connectivity index (χ1v) is 6.66. The zero-order valence-corrected chi connectivity index (χ0v) is 12.3. The summed E-state index contributed by atoms with van der Waals surface area (Å²) < 4.78 is 10.9. The number of hydrogen-bond donors (Lipinski definition) is 1. The molecule has 1 fully saturated rings. The van der Waals surface area contributed by atoms with Crippen molar-refractivity contribution in [3.05, 3.63) is 22.8 Å². The monoisotopic (exact) mass is 285 g/mol. The first-order chi connectivity index (χ1) is 9.17. The molecule has 6 heteroatoms. The van der Waals surface area contributed by atoms with Crippen LogP contribution in [0.25, 0.3) is 0 Å². The Balaban J connectivity index is 2.06. The molecule has 0 spiro atoms. The summed E-state index contributed by atoms with van der Waals surface area (Å²) in [6.07, 6.45) is 0.215. The summed E-state index contributed by atoms with van der Waals surface area (Å²) in [4.78, 5) is 6.74. The van der Waals surface area contributed by atoms with E-state index in [0.717, 1.165) is 24.6 Å². The van der Waals surface area contributed by atoms with Gasteiger partial charge in [-0.25, -0.2) is 4.98 Å². The van der Waals surface area contributed by atoms with Gasteiger partial charge in [0.1, 0.15) is 5.82 Å². The predicted octanol–water partition coefficient (Wildman–Crippen LogP) is 1.62. The quantitative estimate of drug-likeness (QED) is 0.891. The molecule has 5 nitrogen and oxygen atoms in total. The maximum absolute atomic E-state index is 6.19. The van der Waals surface area contributed by atoms with Gasteiger partial charge >= 0.3 is 0 Å². The Morgan fingerprint density at radius 2 is 1.95 bits per heavy atom. The summed E-state index contributed by atoms with van der Waals surface area (Å²) in [5.74, 6) is 0.824. The number of methoxy groups -OCH3 is 2. The fourth-order valence-corrected chi connectivity index (χ4v) is 2.51. The van der Waals surface area contributed by atoms with E-state index in [1.54, 1.807) is 14.2 Å². The minimum Gasteiger partial charge on any atom is -0.377 e. The molecule has 1 aliphatic rings. The lowest BCUT2D eigenvalue weighted by atomic mass is 10.3. The molecule has 0 radical (unpaired) electrons. The molecule has 1 aliphatic heterocycles. The third-order valence-electron chi connectivity index (χ3n) is 3.44. The van der Waals surface area contributed by atoms with Gasteiger partial charge in [-0.2, -0.15) is 0 Å². The molecule has 0 saturated carbocycles. The van der Waals surface area contributed by atoms with Crippen molar-refractivity contribution in [1.29, 1.82) is 0 Å². The second-order valence-electron chi connectivity index (χ2n) is 4.62. The van der Waals surface area contributed by atoms with Gasteiger partial charge in [-0.1, -0.05) is 11.6 Å². The molecule has 2 heterocycles. The molecule has 1 aromatic heterocycles. The molecule has 2 unspecified atom stereocenters. The van der Waals surface area contributed by atoms with E-state index < -0.39 is 0 Å². The van der Waals surface area contributed by atoms with Crippen LogP contribution in [0, 0.1) is 0 Å². The highest BCUT2D eigenvalue weighted by Gasteiger charge is 2.33. The van der Waals surface area contributed by atoms with E-state index in [0.29, 0.717) is 11.6 Å². The van der Waals surface area contributed by atoms with Crippen molar-refractivity contribution in [3.63, 3.8) is 0 Å². The molecule has 0 bridgehead atoms. The number of likely N-dealkylation sites (tertiary alicyclic amines) is 1. The molecular weight excluding hydrogens is 266 g/mol. The molecular formula is C13H20ClN3O2. The number of nitrogens with one attached hydrogen (secondary N) is 1. The second-order valence-corrected chi connectivity index (χ2v) is 5.02. The molecule has 106 valence electrons. The predicted molar refractivity (Wildman–Crippen MR) is 75.7 cm³/mol. The van der Waals surface area contributed by atoms with E-state index in [1.807, 2.05) is 19.2 Å². The molecule has 0 amide bonds. The van der Waals surface area contributed by atoms with Crippen LogP contribution in [0.2, 0.25) is 5.02 Å². The zero-order valence-electron chi connectivity index (χ0n) is 11.5. The normalized spacial score (nSPS) is 23.8. The van der Waals surface area contributed by atoms with Crippen molar-refractivity contribution in [2.24, 2.45) is 0 Å². The number of anilines is 1. The van der Waals surface area contributed by atoms with E-state index in [2.05, 4.69) is 15.2 Å². The number of pyridine rings is 1. The number of rotatable bonds is 5. The molecule has 2 atom stereocenters. The van der Waals surface area contributed by atoms with Crippen LogP contribution in [0.4, 0.5) is 5.82 Å². The summed E-state index contributed by atoms with van der Waals surface area (Å²) in [6.45, 7) is 2.36. The van der Waals surface area contributed by atoms with Crippen LogP contribution in [-0.4, -0.2) is 56.4 Å². The Labute approximate surface area is 118 Å². The van der Waals surface area contributed by atoms with Crippen molar-refractivity contribution >= 4 is 17.4 Å². The number of nitrogens with zero attached hydrogens (tertiary/aromatic N) is 2. The fourth-order valence-electron chi connectivity index (χ4n) is 2.35. The van der Waals surface area contributed by atoms with E-state index in [4.69, 9.17) is 21.1 Å². The van der Waals surface area contributed by atoms with Crippen LogP contribution in [0.5, 0.6) is 0 Å². The van der Waals surface area contributed by atoms with Crippen LogP contribution in [0.15, 0.2) is 12.1 Å². The fraction of sp³-hybridized carbons (Fsp3) is 0.615. The van der Waals surface area contributed by atoms with Crippen molar-refractivity contribution in [2.45, 2.75) is 18.8 Å². The summed E-state index contributed by atoms with van der Waals surface area (Å²) in [6, 6.07) is 3.74. The Morgan fingerprint density at radius 1 is 1.32 bits per heavy atom. The minimum atomic E-state index is 0.108. The van der Waals surface area contributed by atoms with Gasteiger partial charge in [0, 0.05) is 40.9 Å². The largest absolute Gasteiger partial charge is 0.377 e. The van der Waals surface area contributed by atoms with Crippen LogP contribution in [0.1, 0.15) is 5.69 Å². The number of halogens is 1. The highest BCUT2D eigenvalue weighted by atomic mass is 35.5. The molecule has 1 saturated heterocycles. The molecule has 0 aliphatic carbocycles. The molecule has 19 heavy (non-hydrogen) atoms. The van der Waals surface area contributed by atoms with E-state index in [1.165, 1.54) is 0 Å². The topological polar surface area (TPSA) is 46.6 Å². The van der Waals surface area contributed by atoms with Crippen molar-refractivity contribution in [1.82, 2.24) is 9.88 Å². The number of hydrogen-bond acceptors (Lipinski definition) is 5. The third kappa shape index (κ3) is 3.36. The minimum absolute atomic E-state index is 0.108. The van der Waals surface area contributed by atoms with Crippen molar-refractivity contribution < 1.29 is 9.47 Å². The first-order valence-electron chi connectivity index (χ1n) is 6.29. The van der Waals surface area contributed by atoms with Gasteiger partial charge in [-0.05, 0) is 12.1 Å². The average Bonchev–Trinajstić information content (AvgIpc) is 2.83. The second kappa shape index (κ2) is 6.52. The number of aromatic nitrogens is 1. The SMILES string of the molecule is CNc1ccc(Cl)c(CN2CC(OC)C(OC)C2)n1. The Bertz CT molecular complexity index is 418. The van der Waals surface area contributed by atoms with Crippen molar-refractivity contribution in [2.75, 3.05) is 39.7 Å². The van der Waals surface area contributed by atoms with Crippen LogP contribution in [-0.2, 0) is 16.0 Å². The standard InChI is InChI=1S/C13H20ClN3O2/c1-15-13-5-4-9(14)10(16-13)6-17-7-11(18-2)12(8-17)19-3/h4-5,11-12H,6-8H2,1-3H3,(H,15,16). The molecule has 0 aromatic carbocycles. The smallest absolute Gasteiger partial charge is 0.126 e. The summed E-state index contributed by atoms with van der Waals surface area (Å²) >= 11 is 6.19. The van der Waals surface area contributed by atoms with Gasteiger partial charge in [-0.3, -0.25) is 4.90 Å². The van der Waals surface area contributed by atoms with Crippen LogP contribution in [0.3, 0.4) is 0 Å².